The first-order valence-electron chi connectivity index (χ1n) is 27.5. The van der Waals surface area contributed by atoms with Gasteiger partial charge in [-0.05, 0) is 87.6 Å². The number of non-ortho nitro benzene ring substituents is 1. The highest BCUT2D eigenvalue weighted by Gasteiger charge is 2.29. The third-order valence-corrected chi connectivity index (χ3v) is 18.2. The molecule has 0 saturated carbocycles. The largest absolute Gasteiger partial charge is 0.397 e. The van der Waals surface area contributed by atoms with E-state index in [0.29, 0.717) is 67.4 Å². The van der Waals surface area contributed by atoms with E-state index in [-0.39, 0.29) is 27.3 Å². The molecule has 0 spiro atoms. The van der Waals surface area contributed by atoms with Crippen LogP contribution in [0.15, 0.2) is 92.2 Å². The summed E-state index contributed by atoms with van der Waals surface area (Å²) in [4.78, 5) is 51.5. The Morgan fingerprint density at radius 3 is 1.35 bits per heavy atom. The standard InChI is InChI=1S/C60H65N7O6S2/c1-3-5-7-9-11-13-15-17-19-21-31-64(32-22-20-18-16-14-12-10-8-6-4-2)75(72,73)38-35-47(61)55-49(36-38)63-57-43-27-23-39-42-26-30-46-54-44(58-62-48-33-37(74)34-50(67(70)71)56(48)66(58)60(46)69)28-24-40(52(42)54)41-25-29-45(53(43)51(39)41)59(68)65(55)57/h23-30,33-36,74H,3-22,31-32,61H2,1-2H3. The minimum Gasteiger partial charge on any atom is -0.397 e. The van der Waals surface area contributed by atoms with Crippen molar-refractivity contribution in [1.82, 2.24) is 23.1 Å². The lowest BCUT2D eigenvalue weighted by Gasteiger charge is -2.22. The van der Waals surface area contributed by atoms with Crippen molar-refractivity contribution in [3.8, 4) is 0 Å². The Labute approximate surface area is 440 Å². The first-order chi connectivity index (χ1) is 36.4. The smallest absolute Gasteiger partial charge is 0.296 e. The van der Waals surface area contributed by atoms with E-state index in [1.807, 2.05) is 42.5 Å². The third-order valence-electron chi connectivity index (χ3n) is 16.1. The summed E-state index contributed by atoms with van der Waals surface area (Å²) in [7, 11) is -3.97. The molecule has 0 aliphatic heterocycles. The van der Waals surface area contributed by atoms with Crippen molar-refractivity contribution in [3.05, 3.63) is 104 Å². The Balaban J connectivity index is 0.958. The number of nitrogens with zero attached hydrogens (tertiary/aromatic N) is 6. The summed E-state index contributed by atoms with van der Waals surface area (Å²) in [5, 5.41) is 21.2. The van der Waals surface area contributed by atoms with E-state index in [1.165, 1.54) is 111 Å². The fraction of sp³-hybridized carbons (Fsp3) is 0.400. The number of nitrogens with two attached hydrogens (primary N) is 1. The van der Waals surface area contributed by atoms with Gasteiger partial charge in [-0.25, -0.2) is 18.4 Å². The fourth-order valence-electron chi connectivity index (χ4n) is 12.3. The average Bonchev–Trinajstić information content (AvgIpc) is 4.08. The van der Waals surface area contributed by atoms with Gasteiger partial charge in [-0.1, -0.05) is 154 Å². The summed E-state index contributed by atoms with van der Waals surface area (Å²) >= 11 is 4.40. The Morgan fingerprint density at radius 1 is 0.533 bits per heavy atom. The molecule has 2 N–H and O–H groups in total. The average molecular weight is 1040 g/mol. The van der Waals surface area contributed by atoms with Crippen molar-refractivity contribution in [2.45, 2.75) is 152 Å². The summed E-state index contributed by atoms with van der Waals surface area (Å²) in [5.74, 6) is 0. The van der Waals surface area contributed by atoms with Crippen molar-refractivity contribution in [2.24, 2.45) is 0 Å². The number of pyridine rings is 2. The number of rotatable bonds is 25. The molecule has 7 aromatic carbocycles. The molecule has 75 heavy (non-hydrogen) atoms. The molecule has 0 radical (unpaired) electrons. The molecule has 0 aliphatic rings. The Morgan fingerprint density at radius 2 is 0.907 bits per heavy atom. The molecule has 4 aromatic heterocycles. The van der Waals surface area contributed by atoms with E-state index >= 15 is 0 Å². The number of hydrogen-bond donors (Lipinski definition) is 2. The second-order valence-corrected chi connectivity index (χ2v) is 23.5. The molecule has 0 bridgehead atoms. The fourth-order valence-corrected chi connectivity index (χ4v) is 14.2. The van der Waals surface area contributed by atoms with Crippen LogP contribution < -0.4 is 16.9 Å². The normalized spacial score (nSPS) is 12.8. The monoisotopic (exact) mass is 1040 g/mol. The first-order valence-corrected chi connectivity index (χ1v) is 29.4. The van der Waals surface area contributed by atoms with Crippen LogP contribution in [0.25, 0.3) is 98.0 Å². The van der Waals surface area contributed by atoms with Crippen LogP contribution in [-0.4, -0.2) is 49.5 Å². The molecule has 0 saturated heterocycles. The number of fused-ring (bicyclic) bond motifs is 10. The van der Waals surface area contributed by atoms with Crippen LogP contribution in [0.2, 0.25) is 0 Å². The lowest BCUT2D eigenvalue weighted by atomic mass is 9.86. The maximum Gasteiger partial charge on any atom is 0.296 e. The Kier molecular flexibility index (Phi) is 14.2. The van der Waals surface area contributed by atoms with E-state index in [2.05, 4.69) is 26.5 Å². The molecular formula is C60H65N7O6S2. The van der Waals surface area contributed by atoms with Crippen LogP contribution in [-0.2, 0) is 10.0 Å². The highest BCUT2D eigenvalue weighted by Crippen LogP contribution is 2.46. The van der Waals surface area contributed by atoms with Crippen molar-refractivity contribution < 1.29 is 13.3 Å². The molecule has 0 atom stereocenters. The highest BCUT2D eigenvalue weighted by molar-refractivity contribution is 7.89. The number of hydrogen-bond acceptors (Lipinski definition) is 10. The van der Waals surface area contributed by atoms with Gasteiger partial charge in [0.25, 0.3) is 16.8 Å². The summed E-state index contributed by atoms with van der Waals surface area (Å²) in [6.07, 6.45) is 23.3. The number of anilines is 1. The molecular weight excluding hydrogens is 979 g/mol. The number of unbranched alkanes of at least 4 members (excludes halogenated alkanes) is 18. The molecule has 15 heteroatoms. The molecule has 13 nitrogen and oxygen atoms in total. The van der Waals surface area contributed by atoms with Crippen LogP contribution in [0.4, 0.5) is 11.4 Å². The van der Waals surface area contributed by atoms with Gasteiger partial charge in [0, 0.05) is 56.4 Å². The van der Waals surface area contributed by atoms with Gasteiger partial charge in [-0.15, -0.1) is 12.6 Å². The minimum atomic E-state index is -3.97. The summed E-state index contributed by atoms with van der Waals surface area (Å²) in [6, 6.07) is 21.4. The number of aromatic nitrogens is 4. The SMILES string of the molecule is CCCCCCCCCCCCN(CCCCCCCCCCCC)S(=O)(=O)c1cc(N)c2c(c1)nc1c3ccc4c5ccc6c(=O)n7c(nc8cc(S)cc([N+](=O)[O-])c87)c7ccc(c8ccc(c(=O)n12)c3c48)c5c67. The van der Waals surface area contributed by atoms with Gasteiger partial charge < -0.3 is 5.73 Å². The molecule has 0 aliphatic carbocycles. The Hall–Kier alpha value is -6.42. The first kappa shape index (κ1) is 50.7. The molecule has 0 unspecified atom stereocenters. The van der Waals surface area contributed by atoms with Crippen LogP contribution in [0, 0.1) is 10.1 Å². The highest BCUT2D eigenvalue weighted by atomic mass is 32.2. The predicted molar refractivity (Wildman–Crippen MR) is 311 cm³/mol. The van der Waals surface area contributed by atoms with Crippen LogP contribution in [0.5, 0.6) is 0 Å². The van der Waals surface area contributed by atoms with Gasteiger partial charge in [0.2, 0.25) is 10.0 Å². The summed E-state index contributed by atoms with van der Waals surface area (Å²) < 4.78 is 34.1. The van der Waals surface area contributed by atoms with E-state index in [0.717, 1.165) is 81.6 Å². The number of nitro benzene ring substituents is 1. The quantitative estimate of drug-likeness (QED) is 0.0107. The maximum absolute atomic E-state index is 14.9. The van der Waals surface area contributed by atoms with Crippen LogP contribution in [0.3, 0.4) is 0 Å². The van der Waals surface area contributed by atoms with Gasteiger partial charge in [-0.3, -0.25) is 28.5 Å². The molecule has 0 fully saturated rings. The van der Waals surface area contributed by atoms with E-state index in [4.69, 9.17) is 15.7 Å². The number of sulfonamides is 1. The molecule has 388 valence electrons. The number of thiol groups is 1. The lowest BCUT2D eigenvalue weighted by Crippen LogP contribution is -2.33. The van der Waals surface area contributed by atoms with Gasteiger partial charge in [0.05, 0.1) is 32.1 Å². The maximum atomic E-state index is 14.9. The van der Waals surface area contributed by atoms with Crippen LogP contribution >= 0.6 is 12.6 Å². The van der Waals surface area contributed by atoms with E-state index in [1.54, 1.807) is 22.5 Å². The van der Waals surface area contributed by atoms with Crippen molar-refractivity contribution in [1.29, 1.82) is 0 Å². The molecule has 0 amide bonds. The summed E-state index contributed by atoms with van der Waals surface area (Å²) in [6.45, 7) is 5.35. The zero-order chi connectivity index (χ0) is 52.1. The number of imidazole rings is 2. The van der Waals surface area contributed by atoms with Gasteiger partial charge in [-0.2, -0.15) is 4.31 Å². The topological polar surface area (TPSA) is 175 Å². The lowest BCUT2D eigenvalue weighted by molar-refractivity contribution is -0.383. The second kappa shape index (κ2) is 21.0. The third kappa shape index (κ3) is 8.82. The zero-order valence-electron chi connectivity index (χ0n) is 43.1. The van der Waals surface area contributed by atoms with Crippen molar-refractivity contribution >= 4 is 132 Å². The zero-order valence-corrected chi connectivity index (χ0v) is 44.8. The van der Waals surface area contributed by atoms with Crippen LogP contribution in [0.1, 0.15) is 142 Å². The molecule has 11 aromatic rings. The van der Waals surface area contributed by atoms with E-state index < -0.39 is 20.5 Å². The number of nitro groups is 1. The molecule has 4 heterocycles. The van der Waals surface area contributed by atoms with Gasteiger partial charge >= 0.3 is 0 Å². The van der Waals surface area contributed by atoms with E-state index in [9.17, 15) is 28.1 Å². The predicted octanol–water partition coefficient (Wildman–Crippen LogP) is 14.9. The van der Waals surface area contributed by atoms with Gasteiger partial charge in [0.15, 0.2) is 5.52 Å². The van der Waals surface area contributed by atoms with Gasteiger partial charge in [0.1, 0.15) is 11.3 Å². The second-order valence-electron chi connectivity index (χ2n) is 21.0. The number of benzene rings is 7. The summed E-state index contributed by atoms with van der Waals surface area (Å²) in [5.41, 5.74) is 7.90. The minimum absolute atomic E-state index is 0.0829. The van der Waals surface area contributed by atoms with Crippen molar-refractivity contribution in [2.75, 3.05) is 18.8 Å². The molecule has 11 rings (SSSR count). The van der Waals surface area contributed by atoms with Crippen molar-refractivity contribution in [3.63, 3.8) is 0 Å². The number of nitrogen functional groups attached to an aromatic ring is 1. The Bertz CT molecular complexity index is 4170.